The summed E-state index contributed by atoms with van der Waals surface area (Å²) >= 11 is 0. The maximum Gasteiger partial charge on any atom is 0.304 e. The average Bonchev–Trinajstić information content (AvgIpc) is 1.94. The Bertz CT molecular complexity index is 182. The molecule has 0 unspecified atom stereocenters. The molecule has 0 aromatic heterocycles. The molecule has 0 aromatic rings. The van der Waals surface area contributed by atoms with Gasteiger partial charge in [-0.25, -0.2) is 0 Å². The monoisotopic (exact) mass is 201 g/mol. The number of aliphatic carboxylic acids is 1. The lowest BCUT2D eigenvalue weighted by atomic mass is 9.95. The largest absolute Gasteiger partial charge is 0.481 e. The fraction of sp³-hybridized carbons (Fsp3) is 0.909. The van der Waals surface area contributed by atoms with E-state index in [1.165, 1.54) is 0 Å². The number of rotatable bonds is 5. The molecule has 3 heteroatoms. The molecule has 0 aromatic carbocycles. The van der Waals surface area contributed by atoms with Gasteiger partial charge >= 0.3 is 5.97 Å². The van der Waals surface area contributed by atoms with Crippen LogP contribution < -0.4 is 0 Å². The molecule has 0 atom stereocenters. The van der Waals surface area contributed by atoms with Crippen molar-refractivity contribution < 1.29 is 9.90 Å². The van der Waals surface area contributed by atoms with Crippen LogP contribution in [0.25, 0.3) is 0 Å². The van der Waals surface area contributed by atoms with Crippen molar-refractivity contribution >= 4 is 5.97 Å². The highest BCUT2D eigenvalue weighted by molar-refractivity contribution is 5.66. The predicted octanol–water partition coefficient (Wildman–Crippen LogP) is 2.22. The summed E-state index contributed by atoms with van der Waals surface area (Å²) < 4.78 is 0. The van der Waals surface area contributed by atoms with E-state index in [1.807, 2.05) is 0 Å². The number of nitrogens with zero attached hydrogens (tertiary/aromatic N) is 1. The smallest absolute Gasteiger partial charge is 0.304 e. The maximum absolute atomic E-state index is 10.5. The highest BCUT2D eigenvalue weighted by Gasteiger charge is 2.18. The standard InChI is InChI=1S/C11H23NO2/c1-9(2)12(7-6-10(13)14)8-11(3,4)5/h9H,6-8H2,1-5H3,(H,13,14). The molecule has 0 aliphatic rings. The lowest BCUT2D eigenvalue weighted by Crippen LogP contribution is -2.39. The molecule has 0 bridgehead atoms. The molecule has 0 aliphatic heterocycles. The van der Waals surface area contributed by atoms with Crippen LogP contribution in [-0.4, -0.2) is 35.1 Å². The highest BCUT2D eigenvalue weighted by Crippen LogP contribution is 2.17. The highest BCUT2D eigenvalue weighted by atomic mass is 16.4. The Kier molecular flexibility index (Phi) is 5.13. The molecule has 1 N–H and O–H groups in total. The van der Waals surface area contributed by atoms with Gasteiger partial charge in [-0.05, 0) is 19.3 Å². The van der Waals surface area contributed by atoms with Crippen molar-refractivity contribution in [3.05, 3.63) is 0 Å². The van der Waals surface area contributed by atoms with Crippen LogP contribution in [0.5, 0.6) is 0 Å². The van der Waals surface area contributed by atoms with Gasteiger partial charge in [0.2, 0.25) is 0 Å². The van der Waals surface area contributed by atoms with E-state index < -0.39 is 5.97 Å². The third-order valence-electron chi connectivity index (χ3n) is 2.02. The Hall–Kier alpha value is -0.570. The summed E-state index contributed by atoms with van der Waals surface area (Å²) in [4.78, 5) is 12.7. The second-order valence-corrected chi connectivity index (χ2v) is 5.27. The lowest BCUT2D eigenvalue weighted by molar-refractivity contribution is -0.137. The molecule has 0 fully saturated rings. The van der Waals surface area contributed by atoms with Crippen LogP contribution in [0.2, 0.25) is 0 Å². The van der Waals surface area contributed by atoms with E-state index in [-0.39, 0.29) is 11.8 Å². The molecule has 0 spiro atoms. The normalized spacial score (nSPS) is 12.5. The zero-order chi connectivity index (χ0) is 11.4. The molecular weight excluding hydrogens is 178 g/mol. The minimum absolute atomic E-state index is 0.225. The molecule has 0 radical (unpaired) electrons. The molecule has 0 heterocycles. The van der Waals surface area contributed by atoms with Crippen molar-refractivity contribution in [1.29, 1.82) is 0 Å². The van der Waals surface area contributed by atoms with Crippen molar-refractivity contribution in [2.45, 2.75) is 47.1 Å². The number of hydrogen-bond donors (Lipinski definition) is 1. The van der Waals surface area contributed by atoms with Gasteiger partial charge in [-0.2, -0.15) is 0 Å². The van der Waals surface area contributed by atoms with E-state index in [4.69, 9.17) is 5.11 Å². The van der Waals surface area contributed by atoms with Crippen molar-refractivity contribution in [2.75, 3.05) is 13.1 Å². The third kappa shape index (κ3) is 6.89. The first-order valence-corrected chi connectivity index (χ1v) is 5.18. The summed E-state index contributed by atoms with van der Waals surface area (Å²) in [7, 11) is 0. The van der Waals surface area contributed by atoms with Gasteiger partial charge in [-0.1, -0.05) is 20.8 Å². The Morgan fingerprint density at radius 2 is 1.86 bits per heavy atom. The average molecular weight is 201 g/mol. The molecule has 0 saturated carbocycles. The molecule has 84 valence electrons. The van der Waals surface area contributed by atoms with Gasteiger partial charge in [-0.15, -0.1) is 0 Å². The van der Waals surface area contributed by atoms with Crippen LogP contribution in [0, 0.1) is 5.41 Å². The minimum Gasteiger partial charge on any atom is -0.481 e. The van der Waals surface area contributed by atoms with E-state index in [2.05, 4.69) is 39.5 Å². The first-order chi connectivity index (χ1) is 6.22. The first kappa shape index (κ1) is 13.4. The molecule has 0 amide bonds. The van der Waals surface area contributed by atoms with Crippen LogP contribution in [0.1, 0.15) is 41.0 Å². The maximum atomic E-state index is 10.5. The Morgan fingerprint density at radius 1 is 1.36 bits per heavy atom. The Labute approximate surface area is 87.1 Å². The Balaban J connectivity index is 4.10. The second kappa shape index (κ2) is 5.35. The van der Waals surface area contributed by atoms with Gasteiger partial charge in [0, 0.05) is 19.1 Å². The van der Waals surface area contributed by atoms with Gasteiger partial charge in [-0.3, -0.25) is 9.69 Å². The summed E-state index contributed by atoms with van der Waals surface area (Å²) in [6.45, 7) is 12.3. The zero-order valence-corrected chi connectivity index (χ0v) is 10.0. The summed E-state index contributed by atoms with van der Waals surface area (Å²) in [6, 6.07) is 0.411. The number of carboxylic acids is 1. The molecule has 3 nitrogen and oxygen atoms in total. The van der Waals surface area contributed by atoms with Crippen LogP contribution in [0.3, 0.4) is 0 Å². The van der Waals surface area contributed by atoms with E-state index in [9.17, 15) is 4.79 Å². The quantitative estimate of drug-likeness (QED) is 0.741. The van der Waals surface area contributed by atoms with Crippen LogP contribution in [0.15, 0.2) is 0 Å². The molecule has 0 aliphatic carbocycles. The summed E-state index contributed by atoms with van der Waals surface area (Å²) in [5.74, 6) is -0.718. The minimum atomic E-state index is -0.718. The van der Waals surface area contributed by atoms with Gasteiger partial charge in [0.05, 0.1) is 6.42 Å². The van der Waals surface area contributed by atoms with Gasteiger partial charge < -0.3 is 5.11 Å². The van der Waals surface area contributed by atoms with Crippen molar-refractivity contribution in [1.82, 2.24) is 4.90 Å². The fourth-order valence-electron chi connectivity index (χ4n) is 1.37. The van der Waals surface area contributed by atoms with Crippen LogP contribution in [0.4, 0.5) is 0 Å². The Morgan fingerprint density at radius 3 is 2.14 bits per heavy atom. The van der Waals surface area contributed by atoms with E-state index >= 15 is 0 Å². The van der Waals surface area contributed by atoms with Gasteiger partial charge in [0.1, 0.15) is 0 Å². The lowest BCUT2D eigenvalue weighted by Gasteiger charge is -2.32. The summed E-state index contributed by atoms with van der Waals surface area (Å²) in [5.41, 5.74) is 0.225. The molecular formula is C11H23NO2. The van der Waals surface area contributed by atoms with Crippen molar-refractivity contribution in [3.63, 3.8) is 0 Å². The molecule has 0 saturated heterocycles. The van der Waals surface area contributed by atoms with E-state index in [0.29, 0.717) is 12.6 Å². The van der Waals surface area contributed by atoms with Crippen molar-refractivity contribution in [2.24, 2.45) is 5.41 Å². The van der Waals surface area contributed by atoms with Gasteiger partial charge in [0.15, 0.2) is 0 Å². The number of carbonyl (C=O) groups is 1. The second-order valence-electron chi connectivity index (χ2n) is 5.27. The topological polar surface area (TPSA) is 40.5 Å². The first-order valence-electron chi connectivity index (χ1n) is 5.18. The SMILES string of the molecule is CC(C)N(CCC(=O)O)CC(C)(C)C. The predicted molar refractivity (Wildman–Crippen MR) is 58.4 cm³/mol. The zero-order valence-electron chi connectivity index (χ0n) is 10.0. The summed E-state index contributed by atoms with van der Waals surface area (Å²) in [6.07, 6.45) is 0.230. The molecule has 0 rings (SSSR count). The van der Waals surface area contributed by atoms with Gasteiger partial charge in [0.25, 0.3) is 0 Å². The third-order valence-corrected chi connectivity index (χ3v) is 2.02. The molecule has 14 heavy (non-hydrogen) atoms. The fourth-order valence-corrected chi connectivity index (χ4v) is 1.37. The number of hydrogen-bond acceptors (Lipinski definition) is 2. The summed E-state index contributed by atoms with van der Waals surface area (Å²) in [5, 5.41) is 8.62. The number of carboxylic acid groups (broad SMARTS) is 1. The van der Waals surface area contributed by atoms with E-state index in [1.54, 1.807) is 0 Å². The van der Waals surface area contributed by atoms with Crippen LogP contribution >= 0.6 is 0 Å². The van der Waals surface area contributed by atoms with E-state index in [0.717, 1.165) is 6.54 Å². The van der Waals surface area contributed by atoms with Crippen molar-refractivity contribution in [3.8, 4) is 0 Å². The van der Waals surface area contributed by atoms with Crippen LogP contribution in [-0.2, 0) is 4.79 Å².